The lowest BCUT2D eigenvalue weighted by Gasteiger charge is -2.37. The molecule has 3 fully saturated rings. The van der Waals surface area contributed by atoms with Gasteiger partial charge in [0.2, 0.25) is 18.1 Å². The van der Waals surface area contributed by atoms with Gasteiger partial charge in [0, 0.05) is 122 Å². The van der Waals surface area contributed by atoms with E-state index in [1.54, 1.807) is 61.0 Å². The Kier molecular flexibility index (Phi) is 20.4. The second kappa shape index (κ2) is 27.7. The number of pyridine rings is 1. The maximum Gasteiger partial charge on any atom is 0.317 e. The molecule has 3 saturated heterocycles. The van der Waals surface area contributed by atoms with E-state index in [0.29, 0.717) is 139 Å². The number of likely N-dealkylation sites (tertiary alicyclic amines) is 1. The van der Waals surface area contributed by atoms with Crippen molar-refractivity contribution in [3.8, 4) is 11.1 Å². The number of aromatic nitrogens is 2. The quantitative estimate of drug-likeness (QED) is 0.0819. The molecule has 0 saturated carbocycles. The average Bonchev–Trinajstić information content (AvgIpc) is 4.12. The van der Waals surface area contributed by atoms with Gasteiger partial charge in [0.15, 0.2) is 5.58 Å². The first kappa shape index (κ1) is 56.0. The van der Waals surface area contributed by atoms with Crippen LogP contribution >= 0.6 is 0 Å². The molecule has 0 aliphatic carbocycles. The summed E-state index contributed by atoms with van der Waals surface area (Å²) < 4.78 is 5.04. The number of amides is 4. The Hall–Kier alpha value is -7.70. The smallest absolute Gasteiger partial charge is 0.317 e. The first-order valence-electron chi connectivity index (χ1n) is 25.4. The van der Waals surface area contributed by atoms with Crippen molar-refractivity contribution in [2.45, 2.75) is 12.8 Å². The van der Waals surface area contributed by atoms with Crippen molar-refractivity contribution in [1.82, 2.24) is 54.9 Å². The van der Waals surface area contributed by atoms with E-state index in [1.807, 2.05) is 47.4 Å². The molecule has 23 heteroatoms. The fraction of sp³-hybridized carbons (Fsp3) is 0.434. The lowest BCUT2D eigenvalue weighted by Crippen LogP contribution is -2.53. The summed E-state index contributed by atoms with van der Waals surface area (Å²) in [4.78, 5) is 118. The molecule has 5 N–H and O–H groups in total. The highest BCUT2D eigenvalue weighted by Gasteiger charge is 2.26. The highest BCUT2D eigenvalue weighted by Crippen LogP contribution is 2.26. The number of nitrogens with one attached hydrogen (secondary N) is 2. The number of hydrogen-bond acceptors (Lipinski definition) is 16. The number of carbonyl (C=O) groups is 8. The van der Waals surface area contributed by atoms with Gasteiger partial charge in [0.1, 0.15) is 5.52 Å². The Morgan fingerprint density at radius 2 is 1.09 bits per heavy atom. The molecule has 5 aromatic rings. The summed E-state index contributed by atoms with van der Waals surface area (Å²) in [6.45, 7) is 6.54. The molecule has 0 unspecified atom stereocenters. The monoisotopic (exact) mass is 1050 g/mol. The minimum absolute atomic E-state index is 0.0641. The molecule has 2 aromatic heterocycles. The van der Waals surface area contributed by atoms with Crippen LogP contribution in [0, 0.1) is 0 Å². The Balaban J connectivity index is 0.000000671. The van der Waals surface area contributed by atoms with Gasteiger partial charge in [-0.05, 0) is 66.4 Å². The van der Waals surface area contributed by atoms with Gasteiger partial charge < -0.3 is 40.2 Å². The molecule has 23 nitrogen and oxygen atoms in total. The van der Waals surface area contributed by atoms with Gasteiger partial charge in [-0.2, -0.15) is 0 Å². The van der Waals surface area contributed by atoms with Gasteiger partial charge in [0.25, 0.3) is 17.7 Å². The number of benzene rings is 3. The van der Waals surface area contributed by atoms with Crippen LogP contribution in [0.25, 0.3) is 33.1 Å². The van der Waals surface area contributed by atoms with E-state index < -0.39 is 17.9 Å². The van der Waals surface area contributed by atoms with Crippen molar-refractivity contribution in [1.29, 1.82) is 0 Å². The third-order valence-corrected chi connectivity index (χ3v) is 13.5. The molecule has 0 spiro atoms. The number of carbonyl (C=O) groups excluding carboxylic acids is 5. The molecular formula is C53H65N11O12. The zero-order valence-corrected chi connectivity index (χ0v) is 42.4. The SMILES string of the molecule is O=C(O)CN1CCN(CC(=O)O)CCN(CC(=O)N2CCN(CCNC(=O)c3ccc(-c4ccc5nccc(C(=O)NCC(=O)N6CCCC6)c5c4)cc3)CC2)CCN(CC(=O)O)CC1.O=Cc1nc2ccccc2o1. The molecule has 404 valence electrons. The zero-order chi connectivity index (χ0) is 54.0. The molecule has 0 bridgehead atoms. The van der Waals surface area contributed by atoms with Crippen LogP contribution in [0.3, 0.4) is 0 Å². The lowest BCUT2D eigenvalue weighted by atomic mass is 9.99. The molecule has 8 rings (SSSR count). The van der Waals surface area contributed by atoms with Gasteiger partial charge in [0.05, 0.1) is 43.8 Å². The first-order chi connectivity index (χ1) is 36.7. The van der Waals surface area contributed by atoms with Gasteiger partial charge in [-0.3, -0.25) is 67.8 Å². The van der Waals surface area contributed by atoms with Crippen LogP contribution in [-0.4, -0.2) is 245 Å². The summed E-state index contributed by atoms with van der Waals surface area (Å²) in [6.07, 6.45) is 4.12. The third-order valence-electron chi connectivity index (χ3n) is 13.5. The molecule has 3 aromatic carbocycles. The van der Waals surface area contributed by atoms with E-state index in [0.717, 1.165) is 29.5 Å². The number of nitrogens with zero attached hydrogens (tertiary/aromatic N) is 9. The zero-order valence-electron chi connectivity index (χ0n) is 42.4. The molecule has 76 heavy (non-hydrogen) atoms. The Morgan fingerprint density at radius 3 is 1.66 bits per heavy atom. The predicted molar refractivity (Wildman–Crippen MR) is 279 cm³/mol. The fourth-order valence-corrected chi connectivity index (χ4v) is 9.33. The highest BCUT2D eigenvalue weighted by molar-refractivity contribution is 6.07. The number of aliphatic carboxylic acids is 3. The molecule has 0 atom stereocenters. The van der Waals surface area contributed by atoms with Crippen LogP contribution in [0.15, 0.2) is 83.4 Å². The van der Waals surface area contributed by atoms with Gasteiger partial charge in [-0.25, -0.2) is 4.98 Å². The molecule has 5 heterocycles. The number of fused-ring (bicyclic) bond motifs is 2. The summed E-state index contributed by atoms with van der Waals surface area (Å²) in [7, 11) is 0. The fourth-order valence-electron chi connectivity index (χ4n) is 9.33. The minimum Gasteiger partial charge on any atom is -0.480 e. The Morgan fingerprint density at radius 1 is 0.553 bits per heavy atom. The van der Waals surface area contributed by atoms with Crippen LogP contribution in [0.4, 0.5) is 0 Å². The van der Waals surface area contributed by atoms with E-state index in [2.05, 4.69) is 25.5 Å². The molecular weight excluding hydrogens is 983 g/mol. The Bertz CT molecular complexity index is 2770. The summed E-state index contributed by atoms with van der Waals surface area (Å²) in [5.74, 6) is -3.66. The number of oxazole rings is 1. The van der Waals surface area contributed by atoms with E-state index >= 15 is 0 Å². The van der Waals surface area contributed by atoms with Crippen molar-refractivity contribution in [3.05, 3.63) is 96.0 Å². The maximum atomic E-state index is 13.6. The summed E-state index contributed by atoms with van der Waals surface area (Å²) in [5, 5.41) is 34.8. The predicted octanol–water partition coefficient (Wildman–Crippen LogP) is 1.24. The summed E-state index contributed by atoms with van der Waals surface area (Å²) >= 11 is 0. The third kappa shape index (κ3) is 16.7. The number of carboxylic acid groups (broad SMARTS) is 3. The van der Waals surface area contributed by atoms with Crippen molar-refractivity contribution in [2.24, 2.45) is 0 Å². The first-order valence-corrected chi connectivity index (χ1v) is 25.4. The van der Waals surface area contributed by atoms with E-state index in [9.17, 15) is 53.7 Å². The summed E-state index contributed by atoms with van der Waals surface area (Å²) in [6, 6.07) is 21.7. The maximum absolute atomic E-state index is 13.6. The normalized spacial score (nSPS) is 16.7. The van der Waals surface area contributed by atoms with Crippen LogP contribution < -0.4 is 10.6 Å². The van der Waals surface area contributed by atoms with E-state index in [1.165, 1.54) is 0 Å². The van der Waals surface area contributed by atoms with Crippen molar-refractivity contribution in [2.75, 3.05) is 137 Å². The molecule has 0 radical (unpaired) electrons. The largest absolute Gasteiger partial charge is 0.480 e. The molecule has 3 aliphatic heterocycles. The van der Waals surface area contributed by atoms with Crippen LogP contribution in [0.2, 0.25) is 0 Å². The van der Waals surface area contributed by atoms with Crippen molar-refractivity contribution >= 4 is 69.8 Å². The molecule has 3 aliphatic rings. The average molecular weight is 1050 g/mol. The lowest BCUT2D eigenvalue weighted by molar-refractivity contribution is -0.141. The number of para-hydroxylation sites is 2. The van der Waals surface area contributed by atoms with Crippen LogP contribution in [0.5, 0.6) is 0 Å². The Labute approximate surface area is 439 Å². The number of hydrogen-bond donors (Lipinski definition) is 5. The van der Waals surface area contributed by atoms with E-state index in [4.69, 9.17) is 4.42 Å². The topological polar surface area (TPSA) is 283 Å². The van der Waals surface area contributed by atoms with Crippen molar-refractivity contribution in [3.63, 3.8) is 0 Å². The number of aldehydes is 1. The second-order valence-electron chi connectivity index (χ2n) is 18.8. The highest BCUT2D eigenvalue weighted by atomic mass is 16.4. The second-order valence-corrected chi connectivity index (χ2v) is 18.8. The minimum atomic E-state index is -1.02. The van der Waals surface area contributed by atoms with E-state index in [-0.39, 0.29) is 62.2 Å². The number of carboxylic acids is 3. The van der Waals surface area contributed by atoms with Crippen LogP contribution in [0.1, 0.15) is 44.2 Å². The molecule has 4 amide bonds. The van der Waals surface area contributed by atoms with Gasteiger partial charge in [-0.15, -0.1) is 0 Å². The summed E-state index contributed by atoms with van der Waals surface area (Å²) in [5.41, 5.74) is 4.62. The number of piperazine rings is 1. The van der Waals surface area contributed by atoms with Gasteiger partial charge in [-0.1, -0.05) is 30.3 Å². The number of rotatable bonds is 17. The van der Waals surface area contributed by atoms with Gasteiger partial charge >= 0.3 is 17.9 Å². The van der Waals surface area contributed by atoms with Crippen molar-refractivity contribution < 1.29 is 58.1 Å². The van der Waals surface area contributed by atoms with Crippen LogP contribution in [-0.2, 0) is 24.0 Å². The standard InChI is InChI=1S/C45H60N10O10.C8H5NO2/c56-39(54-12-1-2-13-54)28-48-45(65)36-9-10-46-38-8-7-35(27-37(36)38)33-3-5-34(6-4-33)44(64)47-11-14-49-23-25-55(26-24-49)40(57)29-50-15-17-51(30-41(58)59)19-21-53(32-43(62)63)22-20-52(18-16-50)31-42(60)61;10-5-8-9-6-3-1-2-4-7(6)11-8/h3-10,27H,1-2,11-26,28-32H2,(H,47,64)(H,48,65)(H,58,59)(H,60,61)(H,62,63);1-5H.